The van der Waals surface area contributed by atoms with Crippen molar-refractivity contribution in [1.82, 2.24) is 4.98 Å². The first-order chi connectivity index (χ1) is 9.20. The third kappa shape index (κ3) is 4.13. The van der Waals surface area contributed by atoms with E-state index in [4.69, 9.17) is 5.73 Å². The third-order valence-corrected chi connectivity index (χ3v) is 5.19. The average molecular weight is 339 g/mol. The van der Waals surface area contributed by atoms with Crippen molar-refractivity contribution < 1.29 is 0 Å². The minimum absolute atomic E-state index is 0.528. The fourth-order valence-corrected chi connectivity index (χ4v) is 3.42. The number of rotatable bonds is 6. The maximum absolute atomic E-state index is 5.92. The summed E-state index contributed by atoms with van der Waals surface area (Å²) in [4.78, 5) is 5.69. The summed E-state index contributed by atoms with van der Waals surface area (Å²) < 4.78 is 1.18. The van der Waals surface area contributed by atoms with Crippen LogP contribution < -0.4 is 5.73 Å². The largest absolute Gasteiger partial charge is 0.330 e. The number of aryl methyl sites for hydroxylation is 2. The standard InChI is InChI=1S/C15H19BrN2S/c1-11-15(19-10-18-11)7-6-12(9-17)8-13-4-2-3-5-14(13)16/h2-5,10,12H,6-9,17H2,1H3. The highest BCUT2D eigenvalue weighted by Crippen LogP contribution is 2.23. The molecule has 0 saturated heterocycles. The molecule has 0 aliphatic carbocycles. The van der Waals surface area contributed by atoms with Crippen molar-refractivity contribution in [2.75, 3.05) is 6.54 Å². The molecule has 1 aromatic heterocycles. The van der Waals surface area contributed by atoms with Gasteiger partial charge in [-0.25, -0.2) is 4.98 Å². The molecule has 19 heavy (non-hydrogen) atoms. The van der Waals surface area contributed by atoms with Crippen molar-refractivity contribution >= 4 is 27.3 Å². The van der Waals surface area contributed by atoms with Crippen molar-refractivity contribution in [3.05, 3.63) is 50.4 Å². The van der Waals surface area contributed by atoms with Crippen molar-refractivity contribution in [3.8, 4) is 0 Å². The summed E-state index contributed by atoms with van der Waals surface area (Å²) in [6, 6.07) is 8.40. The quantitative estimate of drug-likeness (QED) is 0.865. The first-order valence-corrected chi connectivity index (χ1v) is 8.20. The molecule has 0 spiro atoms. The topological polar surface area (TPSA) is 38.9 Å². The summed E-state index contributed by atoms with van der Waals surface area (Å²) in [6.45, 7) is 2.82. The zero-order valence-electron chi connectivity index (χ0n) is 11.1. The molecule has 0 bridgehead atoms. The Morgan fingerprint density at radius 2 is 2.16 bits per heavy atom. The van der Waals surface area contributed by atoms with Gasteiger partial charge in [0.1, 0.15) is 0 Å². The van der Waals surface area contributed by atoms with E-state index in [9.17, 15) is 0 Å². The van der Waals surface area contributed by atoms with Crippen LogP contribution in [0.3, 0.4) is 0 Å². The molecule has 0 aliphatic rings. The van der Waals surface area contributed by atoms with Gasteiger partial charge in [-0.05, 0) is 50.3 Å². The van der Waals surface area contributed by atoms with Crippen molar-refractivity contribution in [2.45, 2.75) is 26.2 Å². The maximum atomic E-state index is 5.92. The van der Waals surface area contributed by atoms with E-state index in [2.05, 4.69) is 46.0 Å². The number of nitrogens with two attached hydrogens (primary N) is 1. The van der Waals surface area contributed by atoms with E-state index in [1.807, 2.05) is 11.6 Å². The Morgan fingerprint density at radius 1 is 1.37 bits per heavy atom. The van der Waals surface area contributed by atoms with Gasteiger partial charge in [0, 0.05) is 9.35 Å². The lowest BCUT2D eigenvalue weighted by atomic mass is 9.94. The van der Waals surface area contributed by atoms with Gasteiger partial charge in [-0.15, -0.1) is 11.3 Å². The summed E-state index contributed by atoms with van der Waals surface area (Å²) in [5.41, 5.74) is 10.4. The minimum Gasteiger partial charge on any atom is -0.330 e. The van der Waals surface area contributed by atoms with Gasteiger partial charge in [0.25, 0.3) is 0 Å². The summed E-state index contributed by atoms with van der Waals surface area (Å²) in [5, 5.41) is 0. The lowest BCUT2D eigenvalue weighted by Crippen LogP contribution is -2.18. The maximum Gasteiger partial charge on any atom is 0.0797 e. The molecular weight excluding hydrogens is 320 g/mol. The Bertz CT molecular complexity index is 524. The molecule has 2 N–H and O–H groups in total. The average Bonchev–Trinajstić information content (AvgIpc) is 2.82. The lowest BCUT2D eigenvalue weighted by Gasteiger charge is -2.15. The van der Waals surface area contributed by atoms with Gasteiger partial charge in [0.15, 0.2) is 0 Å². The number of hydrogen-bond acceptors (Lipinski definition) is 3. The molecule has 1 aromatic carbocycles. The van der Waals surface area contributed by atoms with E-state index >= 15 is 0 Å². The van der Waals surface area contributed by atoms with Gasteiger partial charge >= 0.3 is 0 Å². The molecule has 0 fully saturated rings. The Labute approximate surface area is 127 Å². The molecule has 2 rings (SSSR count). The molecule has 0 aliphatic heterocycles. The predicted molar refractivity (Wildman–Crippen MR) is 85.6 cm³/mol. The van der Waals surface area contributed by atoms with Crippen LogP contribution in [-0.4, -0.2) is 11.5 Å². The molecule has 0 radical (unpaired) electrons. The SMILES string of the molecule is Cc1ncsc1CCC(CN)Cc1ccccc1Br. The fourth-order valence-electron chi connectivity index (χ4n) is 2.18. The van der Waals surface area contributed by atoms with Crippen molar-refractivity contribution in [1.29, 1.82) is 0 Å². The highest BCUT2D eigenvalue weighted by molar-refractivity contribution is 9.10. The monoisotopic (exact) mass is 338 g/mol. The van der Waals surface area contributed by atoms with Gasteiger partial charge in [-0.3, -0.25) is 0 Å². The van der Waals surface area contributed by atoms with Gasteiger partial charge < -0.3 is 5.73 Å². The second-order valence-corrected chi connectivity index (χ2v) is 6.59. The number of benzene rings is 1. The second kappa shape index (κ2) is 7.17. The molecule has 2 nitrogen and oxygen atoms in total. The Balaban J connectivity index is 1.94. The van der Waals surface area contributed by atoms with Crippen LogP contribution in [0, 0.1) is 12.8 Å². The van der Waals surface area contributed by atoms with Crippen LogP contribution in [0.5, 0.6) is 0 Å². The van der Waals surface area contributed by atoms with Crippen LogP contribution in [0.4, 0.5) is 0 Å². The molecule has 2 aromatic rings. The summed E-state index contributed by atoms with van der Waals surface area (Å²) in [5.74, 6) is 0.528. The Kier molecular flexibility index (Phi) is 5.55. The summed E-state index contributed by atoms with van der Waals surface area (Å²) in [7, 11) is 0. The van der Waals surface area contributed by atoms with E-state index in [1.165, 1.54) is 20.6 Å². The minimum atomic E-state index is 0.528. The molecular formula is C15H19BrN2S. The number of hydrogen-bond donors (Lipinski definition) is 1. The van der Waals surface area contributed by atoms with Gasteiger partial charge in [0.05, 0.1) is 11.2 Å². The zero-order chi connectivity index (χ0) is 13.7. The van der Waals surface area contributed by atoms with E-state index in [0.29, 0.717) is 5.92 Å². The first-order valence-electron chi connectivity index (χ1n) is 6.53. The zero-order valence-corrected chi connectivity index (χ0v) is 13.5. The van der Waals surface area contributed by atoms with Crippen LogP contribution in [0.1, 0.15) is 22.6 Å². The number of halogens is 1. The predicted octanol–water partition coefficient (Wildman–Crippen LogP) is 3.96. The highest BCUT2D eigenvalue weighted by atomic mass is 79.9. The van der Waals surface area contributed by atoms with Crippen molar-refractivity contribution in [3.63, 3.8) is 0 Å². The summed E-state index contributed by atoms with van der Waals surface area (Å²) in [6.07, 6.45) is 3.25. The van der Waals surface area contributed by atoms with Crippen LogP contribution in [-0.2, 0) is 12.8 Å². The smallest absolute Gasteiger partial charge is 0.0797 e. The van der Waals surface area contributed by atoms with E-state index in [-0.39, 0.29) is 0 Å². The number of thiazole rings is 1. The molecule has 0 amide bonds. The van der Waals surface area contributed by atoms with E-state index in [0.717, 1.165) is 25.8 Å². The normalized spacial score (nSPS) is 12.6. The summed E-state index contributed by atoms with van der Waals surface area (Å²) >= 11 is 5.36. The molecule has 1 heterocycles. The van der Waals surface area contributed by atoms with Crippen LogP contribution in [0.2, 0.25) is 0 Å². The van der Waals surface area contributed by atoms with E-state index in [1.54, 1.807) is 11.3 Å². The van der Waals surface area contributed by atoms with Crippen LogP contribution in [0.25, 0.3) is 0 Å². The van der Waals surface area contributed by atoms with Gasteiger partial charge in [-0.1, -0.05) is 34.1 Å². The Morgan fingerprint density at radius 3 is 2.79 bits per heavy atom. The number of nitrogens with zero attached hydrogens (tertiary/aromatic N) is 1. The number of aromatic nitrogens is 1. The molecule has 1 atom stereocenters. The lowest BCUT2D eigenvalue weighted by molar-refractivity contribution is 0.494. The fraction of sp³-hybridized carbons (Fsp3) is 0.400. The van der Waals surface area contributed by atoms with Crippen LogP contribution >= 0.6 is 27.3 Å². The van der Waals surface area contributed by atoms with Crippen LogP contribution in [0.15, 0.2) is 34.2 Å². The third-order valence-electron chi connectivity index (χ3n) is 3.42. The molecule has 4 heteroatoms. The van der Waals surface area contributed by atoms with Gasteiger partial charge in [-0.2, -0.15) is 0 Å². The molecule has 102 valence electrons. The first kappa shape index (κ1) is 14.7. The second-order valence-electron chi connectivity index (χ2n) is 4.80. The van der Waals surface area contributed by atoms with Crippen molar-refractivity contribution in [2.24, 2.45) is 11.7 Å². The van der Waals surface area contributed by atoms with E-state index < -0.39 is 0 Å². The van der Waals surface area contributed by atoms with Gasteiger partial charge in [0.2, 0.25) is 0 Å². The molecule has 0 saturated carbocycles. The Hall–Kier alpha value is -0.710. The highest BCUT2D eigenvalue weighted by Gasteiger charge is 2.11. The molecule has 1 unspecified atom stereocenters.